The van der Waals surface area contributed by atoms with E-state index in [1.165, 1.54) is 4.90 Å². The van der Waals surface area contributed by atoms with Crippen LogP contribution >= 0.6 is 0 Å². The predicted octanol–water partition coefficient (Wildman–Crippen LogP) is 4.36. The Morgan fingerprint density at radius 3 is 2.57 bits per heavy atom. The fourth-order valence-electron chi connectivity index (χ4n) is 5.16. The number of aromatic amines is 1. The number of anilines is 2. The molecule has 1 saturated carbocycles. The highest BCUT2D eigenvalue weighted by Gasteiger charge is 2.36. The van der Waals surface area contributed by atoms with Crippen LogP contribution in [0.1, 0.15) is 35.6 Å². The van der Waals surface area contributed by atoms with E-state index in [4.69, 9.17) is 9.47 Å². The molecule has 3 aromatic carbocycles. The number of carbonyl (C=O) groups is 2. The van der Waals surface area contributed by atoms with Gasteiger partial charge in [0.1, 0.15) is 11.8 Å². The van der Waals surface area contributed by atoms with Crippen molar-refractivity contribution < 1.29 is 27.5 Å². The maximum atomic E-state index is 14.1. The molecule has 11 nitrogen and oxygen atoms in total. The number of aromatic nitrogens is 1. The number of sulfone groups is 1. The zero-order valence-electron chi connectivity index (χ0n) is 24.0. The number of hydrogen-bond donors (Lipinski definition) is 3. The Morgan fingerprint density at radius 2 is 1.80 bits per heavy atom. The Kier molecular flexibility index (Phi) is 8.00. The standard InChI is InChI=1S/C32H32N4O7S/c1-36-18-23-16-24(8-11-28(23)43-19-44(40,41)26-9-10-26)35-32(39)42-15-13-20-2-4-22(5-3-20)29(31(36)38)34-25-7-6-21-12-14-33-30(37)27(21)17-25/h2-8,11-12,14,16-17,26,29,34H,9-10,13,15,18-19H2,1H3,(H,33,37)(H,35,39)/t29-/m1/s1. The lowest BCUT2D eigenvalue weighted by molar-refractivity contribution is -0.131. The van der Waals surface area contributed by atoms with Crippen LogP contribution in [0.5, 0.6) is 5.75 Å². The molecule has 228 valence electrons. The van der Waals surface area contributed by atoms with Gasteiger partial charge in [0.25, 0.3) is 5.56 Å². The van der Waals surface area contributed by atoms with Crippen molar-refractivity contribution in [1.29, 1.82) is 0 Å². The zero-order chi connectivity index (χ0) is 30.8. The molecule has 0 radical (unpaired) electrons. The molecule has 4 bridgehead atoms. The van der Waals surface area contributed by atoms with Crippen molar-refractivity contribution in [2.75, 3.05) is 30.2 Å². The van der Waals surface area contributed by atoms with Gasteiger partial charge in [0.2, 0.25) is 5.91 Å². The second-order valence-electron chi connectivity index (χ2n) is 11.1. The molecular formula is C32H32N4O7S. The van der Waals surface area contributed by atoms with E-state index >= 15 is 0 Å². The van der Waals surface area contributed by atoms with E-state index in [-0.39, 0.29) is 35.6 Å². The van der Waals surface area contributed by atoms with Crippen LogP contribution in [0.2, 0.25) is 0 Å². The van der Waals surface area contributed by atoms with Crippen molar-refractivity contribution in [2.45, 2.75) is 37.1 Å². The maximum Gasteiger partial charge on any atom is 0.411 e. The highest BCUT2D eigenvalue weighted by atomic mass is 32.2. The monoisotopic (exact) mass is 616 g/mol. The summed E-state index contributed by atoms with van der Waals surface area (Å²) in [4.78, 5) is 43.2. The van der Waals surface area contributed by atoms with Crippen molar-refractivity contribution in [3.63, 3.8) is 0 Å². The number of rotatable bonds is 6. The molecule has 3 N–H and O–H groups in total. The Balaban J connectivity index is 1.34. The fraction of sp³-hybridized carbons (Fsp3) is 0.281. The number of likely N-dealkylation sites (N-methyl/N-ethyl adjacent to an activating group) is 1. The van der Waals surface area contributed by atoms with E-state index in [1.54, 1.807) is 43.6 Å². The summed E-state index contributed by atoms with van der Waals surface area (Å²) < 4.78 is 36.2. The second-order valence-corrected chi connectivity index (χ2v) is 13.3. The van der Waals surface area contributed by atoms with E-state index in [9.17, 15) is 22.8 Å². The summed E-state index contributed by atoms with van der Waals surface area (Å²) in [6, 6.07) is 18.6. The minimum absolute atomic E-state index is 0.0515. The molecule has 1 aliphatic carbocycles. The van der Waals surface area contributed by atoms with Crippen LogP contribution in [0.3, 0.4) is 0 Å². The van der Waals surface area contributed by atoms with Crippen LogP contribution in [0.25, 0.3) is 10.8 Å². The van der Waals surface area contributed by atoms with Gasteiger partial charge in [0.05, 0.1) is 11.9 Å². The number of nitrogens with zero attached hydrogens (tertiary/aromatic N) is 1. The van der Waals surface area contributed by atoms with Gasteiger partial charge in [-0.2, -0.15) is 0 Å². The molecule has 1 aromatic heterocycles. The van der Waals surface area contributed by atoms with Gasteiger partial charge in [-0.1, -0.05) is 30.3 Å². The van der Waals surface area contributed by atoms with Crippen molar-refractivity contribution >= 4 is 44.0 Å². The van der Waals surface area contributed by atoms with Gasteiger partial charge in [-0.3, -0.25) is 14.9 Å². The first-order chi connectivity index (χ1) is 21.2. The first-order valence-electron chi connectivity index (χ1n) is 14.3. The number of fused-ring (bicyclic) bond motifs is 10. The summed E-state index contributed by atoms with van der Waals surface area (Å²) in [5.41, 5.74) is 2.89. The van der Waals surface area contributed by atoms with Crippen molar-refractivity contribution in [1.82, 2.24) is 9.88 Å². The predicted molar refractivity (Wildman–Crippen MR) is 166 cm³/mol. The summed E-state index contributed by atoms with van der Waals surface area (Å²) >= 11 is 0. The molecule has 7 rings (SSSR count). The van der Waals surface area contributed by atoms with Gasteiger partial charge in [0, 0.05) is 48.5 Å². The smallest absolute Gasteiger partial charge is 0.411 e. The molecule has 0 saturated heterocycles. The Morgan fingerprint density at radius 1 is 1.00 bits per heavy atom. The lowest BCUT2D eigenvalue weighted by atomic mass is 10.0. The number of hydrogen-bond acceptors (Lipinski definition) is 8. The van der Waals surface area contributed by atoms with E-state index in [1.807, 2.05) is 36.4 Å². The number of nitrogens with one attached hydrogen (secondary N) is 3. The number of amides is 2. The molecule has 0 unspecified atom stereocenters. The number of ether oxygens (including phenoxy) is 2. The summed E-state index contributed by atoms with van der Waals surface area (Å²) in [5, 5.41) is 6.89. The van der Waals surface area contributed by atoms with Crippen LogP contribution < -0.4 is 20.9 Å². The van der Waals surface area contributed by atoms with Gasteiger partial charge in [0.15, 0.2) is 15.8 Å². The van der Waals surface area contributed by atoms with Gasteiger partial charge < -0.3 is 24.7 Å². The molecule has 44 heavy (non-hydrogen) atoms. The Labute approximate surface area is 254 Å². The maximum absolute atomic E-state index is 14.1. The SMILES string of the molecule is CN1Cc2cc(ccc2OCS(=O)(=O)C2CC2)NC(=O)OCCc2ccc(cc2)[C@@H](Nc2ccc3cc[nH]c(=O)c3c2)C1=O. The van der Waals surface area contributed by atoms with Crippen molar-refractivity contribution in [3.8, 4) is 5.75 Å². The molecule has 3 aliphatic rings. The average molecular weight is 617 g/mol. The number of carbonyl (C=O) groups excluding carboxylic acids is 2. The van der Waals surface area contributed by atoms with Crippen molar-refractivity contribution in [2.24, 2.45) is 0 Å². The lowest BCUT2D eigenvalue weighted by Gasteiger charge is -2.27. The molecular weight excluding hydrogens is 584 g/mol. The summed E-state index contributed by atoms with van der Waals surface area (Å²) in [6.45, 7) is 0.198. The molecule has 0 spiro atoms. The van der Waals surface area contributed by atoms with E-state index in [0.29, 0.717) is 47.2 Å². The highest BCUT2D eigenvalue weighted by Crippen LogP contribution is 2.32. The van der Waals surface area contributed by atoms with Gasteiger partial charge in [-0.05, 0) is 65.8 Å². The fourth-order valence-corrected chi connectivity index (χ4v) is 6.50. The topological polar surface area (TPSA) is 147 Å². The molecule has 2 amide bonds. The lowest BCUT2D eigenvalue weighted by Crippen LogP contribution is -2.35. The van der Waals surface area contributed by atoms with Gasteiger partial charge in [-0.25, -0.2) is 13.2 Å². The Hall–Kier alpha value is -4.84. The molecule has 4 aromatic rings. The number of H-pyrrole nitrogens is 1. The summed E-state index contributed by atoms with van der Waals surface area (Å²) in [5.74, 6) is -0.466. The Bertz CT molecular complexity index is 1890. The van der Waals surface area contributed by atoms with E-state index in [0.717, 1.165) is 10.9 Å². The molecule has 1 atom stereocenters. The molecule has 12 heteroatoms. The minimum atomic E-state index is -3.41. The average Bonchev–Trinajstić information content (AvgIpc) is 3.86. The molecule has 3 heterocycles. The molecule has 2 aliphatic heterocycles. The first kappa shape index (κ1) is 29.2. The third kappa shape index (κ3) is 6.55. The van der Waals surface area contributed by atoms with E-state index < -0.39 is 27.9 Å². The summed E-state index contributed by atoms with van der Waals surface area (Å²) in [7, 11) is -1.77. The normalized spacial score (nSPS) is 17.7. The number of pyridine rings is 1. The third-order valence-corrected chi connectivity index (χ3v) is 9.71. The van der Waals surface area contributed by atoms with Crippen LogP contribution in [0.4, 0.5) is 16.2 Å². The minimum Gasteiger partial charge on any atom is -0.477 e. The first-order valence-corrected chi connectivity index (χ1v) is 16.0. The van der Waals surface area contributed by atoms with Crippen LogP contribution in [0.15, 0.2) is 77.7 Å². The van der Waals surface area contributed by atoms with E-state index in [2.05, 4.69) is 15.6 Å². The largest absolute Gasteiger partial charge is 0.477 e. The number of benzene rings is 3. The van der Waals surface area contributed by atoms with Crippen LogP contribution in [-0.4, -0.2) is 55.1 Å². The molecule has 1 fully saturated rings. The van der Waals surface area contributed by atoms with Crippen LogP contribution in [-0.2, 0) is 32.3 Å². The highest BCUT2D eigenvalue weighted by molar-refractivity contribution is 7.92. The van der Waals surface area contributed by atoms with Crippen LogP contribution in [0, 0.1) is 0 Å². The quantitative estimate of drug-likeness (QED) is 0.290. The third-order valence-electron chi connectivity index (χ3n) is 7.77. The second kappa shape index (κ2) is 12.0. The van der Waals surface area contributed by atoms with Crippen molar-refractivity contribution in [3.05, 3.63) is 100.0 Å². The summed E-state index contributed by atoms with van der Waals surface area (Å²) in [6.07, 6.45) is 2.68. The van der Waals surface area contributed by atoms with Gasteiger partial charge in [-0.15, -0.1) is 0 Å². The van der Waals surface area contributed by atoms with Gasteiger partial charge >= 0.3 is 6.09 Å². The zero-order valence-corrected chi connectivity index (χ0v) is 24.9.